The SMILES string of the molecule is CCCCC(=O)N(C)CCN. The van der Waals surface area contributed by atoms with E-state index in [9.17, 15) is 4.79 Å². The summed E-state index contributed by atoms with van der Waals surface area (Å²) >= 11 is 0. The lowest BCUT2D eigenvalue weighted by atomic mass is 10.2. The average Bonchev–Trinajstić information content (AvgIpc) is 2.00. The summed E-state index contributed by atoms with van der Waals surface area (Å²) in [5.41, 5.74) is 5.30. The molecule has 2 N–H and O–H groups in total. The molecule has 0 saturated carbocycles. The van der Waals surface area contributed by atoms with Crippen LogP contribution in [0.15, 0.2) is 0 Å². The van der Waals surface area contributed by atoms with Gasteiger partial charge in [0, 0.05) is 26.6 Å². The summed E-state index contributed by atoms with van der Waals surface area (Å²) in [5.74, 6) is 0.206. The molecule has 0 aliphatic carbocycles. The minimum absolute atomic E-state index is 0.206. The van der Waals surface area contributed by atoms with E-state index in [4.69, 9.17) is 5.73 Å². The first-order valence-electron chi connectivity index (χ1n) is 4.16. The van der Waals surface area contributed by atoms with Gasteiger partial charge in [-0.1, -0.05) is 13.3 Å². The van der Waals surface area contributed by atoms with E-state index in [1.165, 1.54) is 0 Å². The van der Waals surface area contributed by atoms with Crippen molar-refractivity contribution in [3.63, 3.8) is 0 Å². The fraction of sp³-hybridized carbons (Fsp3) is 0.875. The molecule has 3 nitrogen and oxygen atoms in total. The molecule has 0 aromatic rings. The number of amides is 1. The van der Waals surface area contributed by atoms with Gasteiger partial charge in [-0.05, 0) is 6.42 Å². The first kappa shape index (κ1) is 10.4. The molecule has 11 heavy (non-hydrogen) atoms. The third-order valence-corrected chi connectivity index (χ3v) is 1.63. The fourth-order valence-corrected chi connectivity index (χ4v) is 0.837. The topological polar surface area (TPSA) is 46.3 Å². The van der Waals surface area contributed by atoms with Crippen LogP contribution >= 0.6 is 0 Å². The van der Waals surface area contributed by atoms with Gasteiger partial charge in [-0.2, -0.15) is 0 Å². The van der Waals surface area contributed by atoms with Crippen LogP contribution < -0.4 is 5.73 Å². The van der Waals surface area contributed by atoms with E-state index >= 15 is 0 Å². The summed E-state index contributed by atoms with van der Waals surface area (Å²) in [4.78, 5) is 12.9. The summed E-state index contributed by atoms with van der Waals surface area (Å²) in [7, 11) is 1.80. The van der Waals surface area contributed by atoms with Gasteiger partial charge in [0.2, 0.25) is 5.91 Å². The van der Waals surface area contributed by atoms with Gasteiger partial charge in [-0.15, -0.1) is 0 Å². The molecular formula is C8H18N2O. The third kappa shape index (κ3) is 4.79. The Labute approximate surface area is 68.6 Å². The van der Waals surface area contributed by atoms with E-state index in [0.717, 1.165) is 12.8 Å². The van der Waals surface area contributed by atoms with Gasteiger partial charge in [0.25, 0.3) is 0 Å². The molecule has 3 heteroatoms. The first-order chi connectivity index (χ1) is 5.22. The number of hydrogen-bond acceptors (Lipinski definition) is 2. The van der Waals surface area contributed by atoms with Crippen molar-refractivity contribution in [3.8, 4) is 0 Å². The number of carbonyl (C=O) groups is 1. The smallest absolute Gasteiger partial charge is 0.222 e. The van der Waals surface area contributed by atoms with E-state index in [2.05, 4.69) is 6.92 Å². The minimum atomic E-state index is 0.206. The van der Waals surface area contributed by atoms with Crippen LogP contribution in [0.25, 0.3) is 0 Å². The molecule has 1 amide bonds. The van der Waals surface area contributed by atoms with E-state index in [0.29, 0.717) is 19.5 Å². The Kier molecular flexibility index (Phi) is 5.84. The Balaban J connectivity index is 3.47. The Morgan fingerprint density at radius 2 is 2.18 bits per heavy atom. The maximum Gasteiger partial charge on any atom is 0.222 e. The maximum atomic E-state index is 11.2. The zero-order valence-corrected chi connectivity index (χ0v) is 7.47. The molecule has 0 unspecified atom stereocenters. The van der Waals surface area contributed by atoms with E-state index in [1.54, 1.807) is 11.9 Å². The van der Waals surface area contributed by atoms with E-state index in [1.807, 2.05) is 0 Å². The Morgan fingerprint density at radius 1 is 1.55 bits per heavy atom. The fourth-order valence-electron chi connectivity index (χ4n) is 0.837. The highest BCUT2D eigenvalue weighted by Crippen LogP contribution is 1.97. The van der Waals surface area contributed by atoms with E-state index < -0.39 is 0 Å². The predicted octanol–water partition coefficient (Wildman–Crippen LogP) is 0.594. The standard InChI is InChI=1S/C8H18N2O/c1-3-4-5-8(11)10(2)7-6-9/h3-7,9H2,1-2H3. The van der Waals surface area contributed by atoms with Crippen LogP contribution in [-0.2, 0) is 4.79 Å². The second-order valence-electron chi connectivity index (χ2n) is 2.71. The van der Waals surface area contributed by atoms with Crippen molar-refractivity contribution in [1.29, 1.82) is 0 Å². The molecule has 0 aliphatic rings. The lowest BCUT2D eigenvalue weighted by molar-refractivity contribution is -0.129. The quantitative estimate of drug-likeness (QED) is 0.636. The molecular weight excluding hydrogens is 140 g/mol. The summed E-state index contributed by atoms with van der Waals surface area (Å²) in [6.07, 6.45) is 2.71. The molecule has 0 radical (unpaired) electrons. The molecule has 0 heterocycles. The van der Waals surface area contributed by atoms with E-state index in [-0.39, 0.29) is 5.91 Å². The normalized spacial score (nSPS) is 9.73. The molecule has 0 aromatic heterocycles. The van der Waals surface area contributed by atoms with Crippen molar-refractivity contribution in [2.45, 2.75) is 26.2 Å². The summed E-state index contributed by atoms with van der Waals surface area (Å²) < 4.78 is 0. The molecule has 0 bridgehead atoms. The van der Waals surface area contributed by atoms with Gasteiger partial charge in [-0.3, -0.25) is 4.79 Å². The zero-order valence-electron chi connectivity index (χ0n) is 7.47. The van der Waals surface area contributed by atoms with Crippen molar-refractivity contribution >= 4 is 5.91 Å². The Hall–Kier alpha value is -0.570. The van der Waals surface area contributed by atoms with Crippen LogP contribution in [0.4, 0.5) is 0 Å². The van der Waals surface area contributed by atoms with Crippen molar-refractivity contribution in [2.24, 2.45) is 5.73 Å². The zero-order chi connectivity index (χ0) is 8.69. The van der Waals surface area contributed by atoms with Crippen LogP contribution in [0.3, 0.4) is 0 Å². The second kappa shape index (κ2) is 6.16. The van der Waals surface area contributed by atoms with Crippen molar-refractivity contribution in [1.82, 2.24) is 4.90 Å². The number of carbonyl (C=O) groups excluding carboxylic acids is 1. The minimum Gasteiger partial charge on any atom is -0.344 e. The molecule has 0 aliphatic heterocycles. The first-order valence-corrected chi connectivity index (χ1v) is 4.16. The molecule has 0 spiro atoms. The summed E-state index contributed by atoms with van der Waals surface area (Å²) in [6, 6.07) is 0. The second-order valence-corrected chi connectivity index (χ2v) is 2.71. The van der Waals surface area contributed by atoms with Gasteiger partial charge >= 0.3 is 0 Å². The molecule has 0 fully saturated rings. The van der Waals surface area contributed by atoms with Gasteiger partial charge in [-0.25, -0.2) is 0 Å². The number of likely N-dealkylation sites (N-methyl/N-ethyl adjacent to an activating group) is 1. The lowest BCUT2D eigenvalue weighted by Gasteiger charge is -2.15. The van der Waals surface area contributed by atoms with Gasteiger partial charge in [0.05, 0.1) is 0 Å². The van der Waals surface area contributed by atoms with Crippen LogP contribution in [0, 0.1) is 0 Å². The largest absolute Gasteiger partial charge is 0.344 e. The highest BCUT2D eigenvalue weighted by Gasteiger charge is 2.05. The van der Waals surface area contributed by atoms with Crippen LogP contribution in [0.5, 0.6) is 0 Å². The molecule has 66 valence electrons. The number of hydrogen-bond donors (Lipinski definition) is 1. The highest BCUT2D eigenvalue weighted by molar-refractivity contribution is 5.75. The van der Waals surface area contributed by atoms with Crippen molar-refractivity contribution in [2.75, 3.05) is 20.1 Å². The summed E-state index contributed by atoms with van der Waals surface area (Å²) in [6.45, 7) is 3.30. The molecule has 0 aromatic carbocycles. The maximum absolute atomic E-state index is 11.2. The third-order valence-electron chi connectivity index (χ3n) is 1.63. The number of nitrogens with two attached hydrogens (primary N) is 1. The van der Waals surface area contributed by atoms with Gasteiger partial charge in [0.15, 0.2) is 0 Å². The molecule has 0 saturated heterocycles. The number of rotatable bonds is 5. The van der Waals surface area contributed by atoms with Crippen LogP contribution in [-0.4, -0.2) is 30.9 Å². The number of nitrogens with zero attached hydrogens (tertiary/aromatic N) is 1. The van der Waals surface area contributed by atoms with Gasteiger partial charge < -0.3 is 10.6 Å². The van der Waals surface area contributed by atoms with Gasteiger partial charge in [0.1, 0.15) is 0 Å². The van der Waals surface area contributed by atoms with Crippen molar-refractivity contribution < 1.29 is 4.79 Å². The predicted molar refractivity (Wildman–Crippen MR) is 46.2 cm³/mol. The number of unbranched alkanes of at least 4 members (excludes halogenated alkanes) is 1. The monoisotopic (exact) mass is 158 g/mol. The van der Waals surface area contributed by atoms with Crippen molar-refractivity contribution in [3.05, 3.63) is 0 Å². The Morgan fingerprint density at radius 3 is 2.64 bits per heavy atom. The summed E-state index contributed by atoms with van der Waals surface area (Å²) in [5, 5.41) is 0. The molecule has 0 rings (SSSR count). The average molecular weight is 158 g/mol. The van der Waals surface area contributed by atoms with Crippen LogP contribution in [0.1, 0.15) is 26.2 Å². The van der Waals surface area contributed by atoms with Crippen LogP contribution in [0.2, 0.25) is 0 Å². The lowest BCUT2D eigenvalue weighted by Crippen LogP contribution is -2.31. The molecule has 0 atom stereocenters. The highest BCUT2D eigenvalue weighted by atomic mass is 16.2. The Bertz CT molecular complexity index is 115.